The average molecular weight is 235 g/mol. The number of benzene rings is 2. The van der Waals surface area contributed by atoms with Gasteiger partial charge in [-0.3, -0.25) is 0 Å². The number of nitrogens with zero attached hydrogens (tertiary/aromatic N) is 1. The highest BCUT2D eigenvalue weighted by Gasteiger charge is 2.03. The van der Waals surface area contributed by atoms with Gasteiger partial charge in [-0.2, -0.15) is 0 Å². The van der Waals surface area contributed by atoms with Crippen LogP contribution < -0.4 is 0 Å². The van der Waals surface area contributed by atoms with Crippen LogP contribution in [-0.4, -0.2) is 4.98 Å². The van der Waals surface area contributed by atoms with Crippen LogP contribution in [0.15, 0.2) is 42.5 Å². The van der Waals surface area contributed by atoms with Crippen molar-refractivity contribution in [2.24, 2.45) is 0 Å². The first-order valence-corrected chi connectivity index (χ1v) is 6.44. The molecular weight excluding hydrogens is 218 g/mol. The van der Waals surface area contributed by atoms with E-state index in [0.29, 0.717) is 5.92 Å². The second-order valence-corrected chi connectivity index (χ2v) is 5.29. The Morgan fingerprint density at radius 1 is 0.833 bits per heavy atom. The average Bonchev–Trinajstić information content (AvgIpc) is 2.35. The highest BCUT2D eigenvalue weighted by molar-refractivity contribution is 5.93. The van der Waals surface area contributed by atoms with E-state index in [0.717, 1.165) is 11.0 Å². The Morgan fingerprint density at radius 2 is 1.67 bits per heavy atom. The first-order valence-electron chi connectivity index (χ1n) is 6.44. The van der Waals surface area contributed by atoms with E-state index in [1.54, 1.807) is 0 Å². The van der Waals surface area contributed by atoms with Gasteiger partial charge in [-0.25, -0.2) is 4.98 Å². The van der Waals surface area contributed by atoms with Crippen molar-refractivity contribution in [3.8, 4) is 0 Å². The van der Waals surface area contributed by atoms with Crippen LogP contribution in [0.3, 0.4) is 0 Å². The van der Waals surface area contributed by atoms with E-state index < -0.39 is 0 Å². The zero-order valence-corrected chi connectivity index (χ0v) is 11.1. The second-order valence-electron chi connectivity index (χ2n) is 5.29. The first-order chi connectivity index (χ1) is 8.63. The Hall–Kier alpha value is -1.89. The zero-order valence-electron chi connectivity index (χ0n) is 11.1. The van der Waals surface area contributed by atoms with Crippen molar-refractivity contribution in [2.45, 2.75) is 26.7 Å². The molecule has 0 aliphatic heterocycles. The molecule has 0 unspecified atom stereocenters. The Morgan fingerprint density at radius 3 is 2.44 bits per heavy atom. The summed E-state index contributed by atoms with van der Waals surface area (Å²) in [7, 11) is 0. The van der Waals surface area contributed by atoms with Crippen molar-refractivity contribution >= 4 is 21.8 Å². The van der Waals surface area contributed by atoms with Gasteiger partial charge >= 0.3 is 0 Å². The molecule has 3 rings (SSSR count). The van der Waals surface area contributed by atoms with Gasteiger partial charge in [0.25, 0.3) is 0 Å². The van der Waals surface area contributed by atoms with Gasteiger partial charge < -0.3 is 0 Å². The maximum absolute atomic E-state index is 4.76. The monoisotopic (exact) mass is 235 g/mol. The van der Waals surface area contributed by atoms with E-state index in [1.165, 1.54) is 21.9 Å². The summed E-state index contributed by atoms with van der Waals surface area (Å²) in [5.74, 6) is 0.546. The summed E-state index contributed by atoms with van der Waals surface area (Å²) in [6.45, 7) is 6.54. The minimum atomic E-state index is 0.546. The van der Waals surface area contributed by atoms with Crippen LogP contribution >= 0.6 is 0 Å². The summed E-state index contributed by atoms with van der Waals surface area (Å²) in [4.78, 5) is 4.76. The minimum absolute atomic E-state index is 0.546. The second kappa shape index (κ2) is 4.09. The Balaban J connectivity index is 2.31. The summed E-state index contributed by atoms with van der Waals surface area (Å²) in [6.07, 6.45) is 0. The van der Waals surface area contributed by atoms with Gasteiger partial charge in [0, 0.05) is 10.8 Å². The standard InChI is InChI=1S/C17H17N/c1-11(2)13-5-6-14-9-15-8-12(3)4-7-16(15)18-17(14)10-13/h4-11H,1-3H3. The number of aryl methyl sites for hydroxylation is 1. The van der Waals surface area contributed by atoms with E-state index in [1.807, 2.05) is 0 Å². The van der Waals surface area contributed by atoms with E-state index in [2.05, 4.69) is 63.2 Å². The molecule has 0 aliphatic carbocycles. The normalized spacial score (nSPS) is 11.6. The molecule has 0 radical (unpaired) electrons. The third-order valence-electron chi connectivity index (χ3n) is 3.46. The third-order valence-corrected chi connectivity index (χ3v) is 3.46. The summed E-state index contributed by atoms with van der Waals surface area (Å²) >= 11 is 0. The molecule has 18 heavy (non-hydrogen) atoms. The van der Waals surface area contributed by atoms with Gasteiger partial charge in [-0.1, -0.05) is 37.6 Å². The van der Waals surface area contributed by atoms with Crippen molar-refractivity contribution in [3.05, 3.63) is 53.6 Å². The molecule has 90 valence electrons. The zero-order chi connectivity index (χ0) is 12.7. The molecule has 0 spiro atoms. The molecule has 0 saturated heterocycles. The van der Waals surface area contributed by atoms with Crippen LogP contribution in [0.25, 0.3) is 21.8 Å². The third kappa shape index (κ3) is 1.86. The van der Waals surface area contributed by atoms with Gasteiger partial charge in [0.05, 0.1) is 11.0 Å². The van der Waals surface area contributed by atoms with Crippen LogP contribution in [0.4, 0.5) is 0 Å². The SMILES string of the molecule is Cc1ccc2nc3cc(C(C)C)ccc3cc2c1. The number of rotatable bonds is 1. The van der Waals surface area contributed by atoms with E-state index in [4.69, 9.17) is 4.98 Å². The van der Waals surface area contributed by atoms with Gasteiger partial charge in [-0.05, 0) is 42.7 Å². The van der Waals surface area contributed by atoms with Gasteiger partial charge in [-0.15, -0.1) is 0 Å². The lowest BCUT2D eigenvalue weighted by atomic mass is 10.0. The van der Waals surface area contributed by atoms with Crippen LogP contribution in [0.1, 0.15) is 30.9 Å². The Bertz CT molecular complexity index is 726. The predicted octanol–water partition coefficient (Wildman–Crippen LogP) is 4.82. The number of aromatic nitrogens is 1. The van der Waals surface area contributed by atoms with Gasteiger partial charge in [0.15, 0.2) is 0 Å². The molecule has 0 N–H and O–H groups in total. The molecule has 0 amide bonds. The molecule has 0 bridgehead atoms. The Kier molecular flexibility index (Phi) is 2.55. The molecule has 1 aromatic heterocycles. The fourth-order valence-corrected chi connectivity index (χ4v) is 2.33. The molecule has 1 heteroatoms. The number of hydrogen-bond acceptors (Lipinski definition) is 1. The molecule has 0 fully saturated rings. The number of hydrogen-bond donors (Lipinski definition) is 0. The van der Waals surface area contributed by atoms with Gasteiger partial charge in [0.2, 0.25) is 0 Å². The number of pyridine rings is 1. The smallest absolute Gasteiger partial charge is 0.0712 e. The van der Waals surface area contributed by atoms with Crippen molar-refractivity contribution in [1.29, 1.82) is 0 Å². The van der Waals surface area contributed by atoms with E-state index >= 15 is 0 Å². The summed E-state index contributed by atoms with van der Waals surface area (Å²) < 4.78 is 0. The van der Waals surface area contributed by atoms with Crippen LogP contribution in [0.2, 0.25) is 0 Å². The highest BCUT2D eigenvalue weighted by atomic mass is 14.7. The summed E-state index contributed by atoms with van der Waals surface area (Å²) in [5, 5.41) is 2.44. The minimum Gasteiger partial charge on any atom is -0.248 e. The first kappa shape index (κ1) is 11.2. The highest BCUT2D eigenvalue weighted by Crippen LogP contribution is 2.24. The van der Waals surface area contributed by atoms with Crippen molar-refractivity contribution in [1.82, 2.24) is 4.98 Å². The molecule has 2 aromatic carbocycles. The molecular formula is C17H17N. The van der Waals surface area contributed by atoms with Gasteiger partial charge in [0.1, 0.15) is 0 Å². The molecule has 0 aliphatic rings. The lowest BCUT2D eigenvalue weighted by Crippen LogP contribution is -1.89. The van der Waals surface area contributed by atoms with Crippen LogP contribution in [0, 0.1) is 6.92 Å². The largest absolute Gasteiger partial charge is 0.248 e. The van der Waals surface area contributed by atoms with E-state index in [9.17, 15) is 0 Å². The predicted molar refractivity (Wildman–Crippen MR) is 78.1 cm³/mol. The van der Waals surface area contributed by atoms with E-state index in [-0.39, 0.29) is 0 Å². The lowest BCUT2D eigenvalue weighted by molar-refractivity contribution is 0.868. The Labute approximate surface area is 107 Å². The summed E-state index contributed by atoms with van der Waals surface area (Å²) in [5.41, 5.74) is 4.80. The topological polar surface area (TPSA) is 12.9 Å². The van der Waals surface area contributed by atoms with Crippen molar-refractivity contribution < 1.29 is 0 Å². The number of fused-ring (bicyclic) bond motifs is 2. The van der Waals surface area contributed by atoms with Crippen LogP contribution in [-0.2, 0) is 0 Å². The van der Waals surface area contributed by atoms with Crippen LogP contribution in [0.5, 0.6) is 0 Å². The maximum atomic E-state index is 4.76. The molecule has 1 heterocycles. The van der Waals surface area contributed by atoms with Crippen molar-refractivity contribution in [3.63, 3.8) is 0 Å². The lowest BCUT2D eigenvalue weighted by Gasteiger charge is -2.07. The maximum Gasteiger partial charge on any atom is 0.0712 e. The molecule has 3 aromatic rings. The fourth-order valence-electron chi connectivity index (χ4n) is 2.33. The fraction of sp³-hybridized carbons (Fsp3) is 0.235. The van der Waals surface area contributed by atoms with Crippen molar-refractivity contribution in [2.75, 3.05) is 0 Å². The quantitative estimate of drug-likeness (QED) is 0.551. The molecule has 0 atom stereocenters. The summed E-state index contributed by atoms with van der Waals surface area (Å²) in [6, 6.07) is 15.2. The molecule has 0 saturated carbocycles. The molecule has 1 nitrogen and oxygen atoms in total.